The van der Waals surface area contributed by atoms with Crippen LogP contribution in [-0.2, 0) is 0 Å². The Balaban J connectivity index is 2.70. The van der Waals surface area contributed by atoms with Crippen molar-refractivity contribution in [2.24, 2.45) is 0 Å². The van der Waals surface area contributed by atoms with E-state index in [-0.39, 0.29) is 0 Å². The van der Waals surface area contributed by atoms with Gasteiger partial charge in [0.15, 0.2) is 5.75 Å². The number of rotatable bonds is 3. The van der Waals surface area contributed by atoms with E-state index in [9.17, 15) is 4.79 Å². The van der Waals surface area contributed by atoms with E-state index >= 15 is 0 Å². The monoisotopic (exact) mass is 209 g/mol. The first-order chi connectivity index (χ1) is 7.19. The standard InChI is InChI=1S/C10H15N3O2/c1-3-13(4-2)10(14)15-9-7-12-6-5-8(9)11/h5-7H,3-4H2,1-2H3,(H2,11,12). The molecule has 0 atom stereocenters. The van der Waals surface area contributed by atoms with Gasteiger partial charge in [-0.05, 0) is 19.9 Å². The third-order valence-electron chi connectivity index (χ3n) is 2.04. The lowest BCUT2D eigenvalue weighted by atomic mass is 10.4. The van der Waals surface area contributed by atoms with E-state index in [0.717, 1.165) is 0 Å². The maximum absolute atomic E-state index is 11.5. The van der Waals surface area contributed by atoms with Crippen LogP contribution >= 0.6 is 0 Å². The lowest BCUT2D eigenvalue weighted by Gasteiger charge is -2.18. The summed E-state index contributed by atoms with van der Waals surface area (Å²) in [5.74, 6) is 0.300. The second-order valence-electron chi connectivity index (χ2n) is 2.95. The molecule has 1 heterocycles. The molecule has 0 unspecified atom stereocenters. The maximum atomic E-state index is 11.5. The zero-order valence-corrected chi connectivity index (χ0v) is 8.93. The number of pyridine rings is 1. The highest BCUT2D eigenvalue weighted by atomic mass is 16.6. The molecule has 5 nitrogen and oxygen atoms in total. The number of aromatic nitrogens is 1. The van der Waals surface area contributed by atoms with Gasteiger partial charge < -0.3 is 15.4 Å². The minimum atomic E-state index is -0.403. The zero-order valence-electron chi connectivity index (χ0n) is 8.93. The van der Waals surface area contributed by atoms with Gasteiger partial charge in [-0.15, -0.1) is 0 Å². The summed E-state index contributed by atoms with van der Waals surface area (Å²) in [5.41, 5.74) is 6.02. The molecule has 0 aliphatic rings. The van der Waals surface area contributed by atoms with E-state index in [1.807, 2.05) is 13.8 Å². The minimum Gasteiger partial charge on any atom is -0.406 e. The molecule has 0 saturated heterocycles. The predicted octanol–water partition coefficient (Wildman–Crippen LogP) is 1.50. The fourth-order valence-electron chi connectivity index (χ4n) is 1.12. The highest BCUT2D eigenvalue weighted by molar-refractivity contribution is 5.72. The molecule has 0 aliphatic carbocycles. The lowest BCUT2D eigenvalue weighted by Crippen LogP contribution is -2.33. The van der Waals surface area contributed by atoms with Gasteiger partial charge >= 0.3 is 6.09 Å². The van der Waals surface area contributed by atoms with E-state index in [4.69, 9.17) is 10.5 Å². The summed E-state index contributed by atoms with van der Waals surface area (Å²) < 4.78 is 5.09. The molecule has 1 rings (SSSR count). The summed E-state index contributed by atoms with van der Waals surface area (Å²) in [6.07, 6.45) is 2.57. The van der Waals surface area contributed by atoms with E-state index < -0.39 is 6.09 Å². The molecule has 5 heteroatoms. The fourth-order valence-corrected chi connectivity index (χ4v) is 1.12. The van der Waals surface area contributed by atoms with E-state index in [0.29, 0.717) is 24.5 Å². The summed E-state index contributed by atoms with van der Waals surface area (Å²) >= 11 is 0. The van der Waals surface area contributed by atoms with Crippen molar-refractivity contribution in [1.82, 2.24) is 9.88 Å². The van der Waals surface area contributed by atoms with Crippen LogP contribution in [0.2, 0.25) is 0 Å². The second kappa shape index (κ2) is 5.19. The van der Waals surface area contributed by atoms with Crippen LogP contribution in [0.1, 0.15) is 13.8 Å². The first-order valence-corrected chi connectivity index (χ1v) is 4.85. The average molecular weight is 209 g/mol. The first kappa shape index (κ1) is 11.3. The summed E-state index contributed by atoms with van der Waals surface area (Å²) in [6, 6.07) is 1.59. The average Bonchev–Trinajstić information content (AvgIpc) is 2.23. The van der Waals surface area contributed by atoms with Gasteiger partial charge in [-0.3, -0.25) is 4.98 Å². The number of amides is 1. The SMILES string of the molecule is CCN(CC)C(=O)Oc1cnccc1N. The van der Waals surface area contributed by atoms with Crippen LogP contribution in [0.25, 0.3) is 0 Å². The van der Waals surface area contributed by atoms with Gasteiger partial charge in [0, 0.05) is 19.3 Å². The number of ether oxygens (including phenoxy) is 1. The molecular weight excluding hydrogens is 194 g/mol. The number of nitrogen functional groups attached to an aromatic ring is 1. The molecule has 0 radical (unpaired) electrons. The van der Waals surface area contributed by atoms with Gasteiger partial charge in [-0.25, -0.2) is 4.79 Å². The topological polar surface area (TPSA) is 68.5 Å². The number of carbonyl (C=O) groups is 1. The summed E-state index contributed by atoms with van der Waals surface area (Å²) in [4.78, 5) is 16.9. The molecule has 1 aromatic rings. The molecule has 2 N–H and O–H groups in total. The molecule has 15 heavy (non-hydrogen) atoms. The van der Waals surface area contributed by atoms with Crippen molar-refractivity contribution in [2.75, 3.05) is 18.8 Å². The van der Waals surface area contributed by atoms with Crippen molar-refractivity contribution in [1.29, 1.82) is 0 Å². The van der Waals surface area contributed by atoms with Crippen molar-refractivity contribution in [3.05, 3.63) is 18.5 Å². The Labute approximate surface area is 88.9 Å². The number of anilines is 1. The van der Waals surface area contributed by atoms with Gasteiger partial charge in [0.25, 0.3) is 0 Å². The van der Waals surface area contributed by atoms with Gasteiger partial charge in [-0.1, -0.05) is 0 Å². The summed E-state index contributed by atoms with van der Waals surface area (Å²) in [6.45, 7) is 4.99. The molecule has 0 aromatic carbocycles. The third-order valence-corrected chi connectivity index (χ3v) is 2.04. The fraction of sp³-hybridized carbons (Fsp3) is 0.400. The number of hydrogen-bond acceptors (Lipinski definition) is 4. The molecular formula is C10H15N3O2. The van der Waals surface area contributed by atoms with Crippen molar-refractivity contribution in [3.8, 4) is 5.75 Å². The van der Waals surface area contributed by atoms with Gasteiger partial charge in [-0.2, -0.15) is 0 Å². The van der Waals surface area contributed by atoms with E-state index in [1.54, 1.807) is 17.2 Å². The second-order valence-corrected chi connectivity index (χ2v) is 2.95. The Morgan fingerprint density at radius 3 is 2.73 bits per heavy atom. The maximum Gasteiger partial charge on any atom is 0.415 e. The predicted molar refractivity (Wildman–Crippen MR) is 57.6 cm³/mol. The Bertz CT molecular complexity index is 337. The third kappa shape index (κ3) is 2.83. The van der Waals surface area contributed by atoms with Crippen molar-refractivity contribution in [3.63, 3.8) is 0 Å². The molecule has 1 amide bonds. The summed E-state index contributed by atoms with van der Waals surface area (Å²) in [7, 11) is 0. The van der Waals surface area contributed by atoms with Gasteiger partial charge in [0.05, 0.1) is 11.9 Å². The van der Waals surface area contributed by atoms with E-state index in [2.05, 4.69) is 4.98 Å². The number of carbonyl (C=O) groups excluding carboxylic acids is 1. The molecule has 0 saturated carbocycles. The van der Waals surface area contributed by atoms with Gasteiger partial charge in [0.1, 0.15) is 0 Å². The van der Waals surface area contributed by atoms with E-state index in [1.165, 1.54) is 6.20 Å². The Hall–Kier alpha value is -1.78. The Morgan fingerprint density at radius 1 is 1.53 bits per heavy atom. The van der Waals surface area contributed by atoms with Crippen molar-refractivity contribution >= 4 is 11.8 Å². The Morgan fingerprint density at radius 2 is 2.20 bits per heavy atom. The summed E-state index contributed by atoms with van der Waals surface area (Å²) in [5, 5.41) is 0. The van der Waals surface area contributed by atoms with Crippen molar-refractivity contribution in [2.45, 2.75) is 13.8 Å². The van der Waals surface area contributed by atoms with Crippen LogP contribution in [0.15, 0.2) is 18.5 Å². The quantitative estimate of drug-likeness (QED) is 0.819. The lowest BCUT2D eigenvalue weighted by molar-refractivity contribution is 0.157. The normalized spacial score (nSPS) is 9.73. The number of hydrogen-bond donors (Lipinski definition) is 1. The molecule has 82 valence electrons. The van der Waals surface area contributed by atoms with Crippen LogP contribution in [0.5, 0.6) is 5.75 Å². The van der Waals surface area contributed by atoms with Crippen LogP contribution in [-0.4, -0.2) is 29.1 Å². The van der Waals surface area contributed by atoms with Crippen LogP contribution in [0, 0.1) is 0 Å². The molecule has 0 fully saturated rings. The number of nitrogens with zero attached hydrogens (tertiary/aromatic N) is 2. The largest absolute Gasteiger partial charge is 0.415 e. The molecule has 0 aliphatic heterocycles. The van der Waals surface area contributed by atoms with Crippen molar-refractivity contribution < 1.29 is 9.53 Å². The smallest absolute Gasteiger partial charge is 0.406 e. The van der Waals surface area contributed by atoms with Crippen LogP contribution < -0.4 is 10.5 Å². The van der Waals surface area contributed by atoms with Crippen LogP contribution in [0.4, 0.5) is 10.5 Å². The highest BCUT2D eigenvalue weighted by Crippen LogP contribution is 2.18. The first-order valence-electron chi connectivity index (χ1n) is 4.85. The number of nitrogens with two attached hydrogens (primary N) is 1. The molecule has 0 bridgehead atoms. The van der Waals surface area contributed by atoms with Crippen LogP contribution in [0.3, 0.4) is 0 Å². The Kier molecular flexibility index (Phi) is 3.91. The minimum absolute atomic E-state index is 0.300. The van der Waals surface area contributed by atoms with Gasteiger partial charge in [0.2, 0.25) is 0 Å². The molecule has 1 aromatic heterocycles. The zero-order chi connectivity index (χ0) is 11.3. The molecule has 0 spiro atoms. The highest BCUT2D eigenvalue weighted by Gasteiger charge is 2.13.